The molecule has 0 aromatic heterocycles. The Kier molecular flexibility index (Phi) is 5.57. The van der Waals surface area contributed by atoms with Crippen molar-refractivity contribution in [3.63, 3.8) is 0 Å². The topological polar surface area (TPSA) is 59.6 Å². The molecule has 2 aromatic carbocycles. The Morgan fingerprint density at radius 1 is 1.08 bits per heavy atom. The predicted octanol–water partition coefficient (Wildman–Crippen LogP) is 3.89. The van der Waals surface area contributed by atoms with Crippen LogP contribution in [0.15, 0.2) is 42.5 Å². The van der Waals surface area contributed by atoms with Gasteiger partial charge in [0, 0.05) is 23.5 Å². The minimum atomic E-state index is -0.198. The van der Waals surface area contributed by atoms with Gasteiger partial charge in [-0.25, -0.2) is 4.79 Å². The molecule has 26 heavy (non-hydrogen) atoms. The highest BCUT2D eigenvalue weighted by Gasteiger charge is 2.44. The van der Waals surface area contributed by atoms with E-state index in [4.69, 9.17) is 21.1 Å². The number of rotatable bonds is 7. The largest absolute Gasteiger partial charge is 0.493 e. The molecule has 0 saturated heterocycles. The van der Waals surface area contributed by atoms with Crippen molar-refractivity contribution in [1.82, 2.24) is 10.6 Å². The fraction of sp³-hybridized carbons (Fsp3) is 0.350. The number of hydrogen-bond donors (Lipinski definition) is 2. The number of benzene rings is 2. The number of carbonyl (C=O) groups is 1. The number of hydrogen-bond acceptors (Lipinski definition) is 3. The minimum Gasteiger partial charge on any atom is -0.493 e. The summed E-state index contributed by atoms with van der Waals surface area (Å²) in [5.41, 5.74) is 2.02. The van der Waals surface area contributed by atoms with Gasteiger partial charge < -0.3 is 20.1 Å². The number of amides is 2. The third-order valence-corrected chi connectivity index (χ3v) is 5.20. The van der Waals surface area contributed by atoms with Gasteiger partial charge in [0.1, 0.15) is 0 Å². The fourth-order valence-electron chi connectivity index (χ4n) is 3.01. The molecule has 0 aliphatic heterocycles. The summed E-state index contributed by atoms with van der Waals surface area (Å²) in [5.74, 6) is 1.41. The van der Waals surface area contributed by atoms with Crippen molar-refractivity contribution in [2.75, 3.05) is 20.8 Å². The predicted molar refractivity (Wildman–Crippen MR) is 102 cm³/mol. The first-order valence-electron chi connectivity index (χ1n) is 8.55. The maximum absolute atomic E-state index is 12.1. The Bertz CT molecular complexity index is 790. The molecule has 2 amide bonds. The molecule has 0 radical (unpaired) electrons. The molecule has 1 aliphatic rings. The first kappa shape index (κ1) is 18.4. The summed E-state index contributed by atoms with van der Waals surface area (Å²) in [4.78, 5) is 12.1. The second-order valence-electron chi connectivity index (χ2n) is 6.48. The molecular weight excluding hydrogens is 352 g/mol. The van der Waals surface area contributed by atoms with Crippen molar-refractivity contribution in [2.45, 2.75) is 24.8 Å². The fourth-order valence-corrected chi connectivity index (χ4v) is 3.22. The van der Waals surface area contributed by atoms with E-state index in [1.54, 1.807) is 14.2 Å². The molecule has 2 N–H and O–H groups in total. The number of nitrogens with one attached hydrogen (secondary N) is 2. The first-order valence-corrected chi connectivity index (χ1v) is 8.93. The normalized spacial score (nSPS) is 14.4. The zero-order valence-electron chi connectivity index (χ0n) is 15.0. The lowest BCUT2D eigenvalue weighted by molar-refractivity contribution is 0.239. The number of carbonyl (C=O) groups excluding carboxylic acids is 1. The van der Waals surface area contributed by atoms with Gasteiger partial charge in [0.05, 0.1) is 14.2 Å². The van der Waals surface area contributed by atoms with Crippen molar-refractivity contribution in [3.8, 4) is 11.5 Å². The average molecular weight is 375 g/mol. The average Bonchev–Trinajstić information content (AvgIpc) is 3.46. The Hall–Kier alpha value is -2.40. The van der Waals surface area contributed by atoms with E-state index in [1.165, 1.54) is 0 Å². The van der Waals surface area contributed by atoms with E-state index in [0.29, 0.717) is 29.6 Å². The van der Waals surface area contributed by atoms with Crippen molar-refractivity contribution in [1.29, 1.82) is 0 Å². The Labute approximate surface area is 158 Å². The lowest BCUT2D eigenvalue weighted by Gasteiger charge is -2.19. The van der Waals surface area contributed by atoms with Crippen LogP contribution in [0, 0.1) is 0 Å². The molecule has 1 saturated carbocycles. The van der Waals surface area contributed by atoms with Gasteiger partial charge in [0.15, 0.2) is 11.5 Å². The smallest absolute Gasteiger partial charge is 0.315 e. The quantitative estimate of drug-likeness (QED) is 0.773. The Balaban J connectivity index is 1.57. The van der Waals surface area contributed by atoms with Crippen molar-refractivity contribution in [2.24, 2.45) is 0 Å². The molecule has 0 atom stereocenters. The van der Waals surface area contributed by atoms with Crippen LogP contribution in [0.25, 0.3) is 0 Å². The van der Waals surface area contributed by atoms with Crippen LogP contribution >= 0.6 is 11.6 Å². The maximum atomic E-state index is 12.1. The monoisotopic (exact) mass is 374 g/mol. The number of ether oxygens (including phenoxy) is 2. The summed E-state index contributed by atoms with van der Waals surface area (Å²) in [6, 6.07) is 13.2. The van der Waals surface area contributed by atoms with Gasteiger partial charge in [-0.15, -0.1) is 0 Å². The van der Waals surface area contributed by atoms with E-state index in [9.17, 15) is 4.79 Å². The van der Waals surface area contributed by atoms with Crippen LogP contribution in [0.4, 0.5) is 4.79 Å². The molecule has 1 aliphatic carbocycles. The van der Waals surface area contributed by atoms with Gasteiger partial charge in [-0.1, -0.05) is 35.9 Å². The highest BCUT2D eigenvalue weighted by atomic mass is 35.5. The number of urea groups is 1. The third kappa shape index (κ3) is 4.05. The molecule has 0 spiro atoms. The van der Waals surface area contributed by atoms with Gasteiger partial charge in [-0.05, 0) is 42.2 Å². The summed E-state index contributed by atoms with van der Waals surface area (Å²) in [7, 11) is 3.25. The second kappa shape index (κ2) is 7.87. The van der Waals surface area contributed by atoms with E-state index < -0.39 is 0 Å². The molecular formula is C20H23ClN2O3. The minimum absolute atomic E-state index is 0.0265. The molecule has 0 bridgehead atoms. The van der Waals surface area contributed by atoms with Crippen LogP contribution in [-0.2, 0) is 12.0 Å². The standard InChI is InChI=1S/C20H23ClN2O3/c1-25-17-8-7-15(11-18(17)26-2)20(9-10-20)13-23-19(24)22-12-14-5-3-4-6-16(14)21/h3-8,11H,9-10,12-13H2,1-2H3,(H2,22,23,24). The summed E-state index contributed by atoms with van der Waals surface area (Å²) in [6.45, 7) is 0.978. The van der Waals surface area contributed by atoms with Crippen LogP contribution in [0.1, 0.15) is 24.0 Å². The highest BCUT2D eigenvalue weighted by molar-refractivity contribution is 6.31. The molecule has 0 unspecified atom stereocenters. The lowest BCUT2D eigenvalue weighted by Crippen LogP contribution is -2.39. The molecule has 3 rings (SSSR count). The third-order valence-electron chi connectivity index (χ3n) is 4.83. The Morgan fingerprint density at radius 2 is 1.81 bits per heavy atom. The van der Waals surface area contributed by atoms with Gasteiger partial charge in [-0.3, -0.25) is 0 Å². The molecule has 2 aromatic rings. The van der Waals surface area contributed by atoms with Crippen LogP contribution in [0.2, 0.25) is 5.02 Å². The van der Waals surface area contributed by atoms with Crippen LogP contribution in [0.5, 0.6) is 11.5 Å². The Morgan fingerprint density at radius 3 is 2.46 bits per heavy atom. The van der Waals surface area contributed by atoms with Gasteiger partial charge >= 0.3 is 6.03 Å². The number of methoxy groups -OCH3 is 2. The molecule has 138 valence electrons. The SMILES string of the molecule is COc1ccc(C2(CNC(=O)NCc3ccccc3Cl)CC2)cc1OC. The maximum Gasteiger partial charge on any atom is 0.315 e. The lowest BCUT2D eigenvalue weighted by atomic mass is 9.95. The zero-order valence-corrected chi connectivity index (χ0v) is 15.7. The van der Waals surface area contributed by atoms with E-state index in [-0.39, 0.29) is 11.4 Å². The summed E-state index contributed by atoms with van der Waals surface area (Å²) < 4.78 is 10.7. The molecule has 6 heteroatoms. The van der Waals surface area contributed by atoms with Gasteiger partial charge in [0.2, 0.25) is 0 Å². The summed E-state index contributed by atoms with van der Waals surface area (Å²) >= 11 is 6.11. The van der Waals surface area contributed by atoms with Gasteiger partial charge in [-0.2, -0.15) is 0 Å². The summed E-state index contributed by atoms with van der Waals surface area (Å²) in [6.07, 6.45) is 2.07. The second-order valence-corrected chi connectivity index (χ2v) is 6.88. The zero-order chi connectivity index (χ0) is 18.6. The van der Waals surface area contributed by atoms with Gasteiger partial charge in [0.25, 0.3) is 0 Å². The van der Waals surface area contributed by atoms with E-state index >= 15 is 0 Å². The van der Waals surface area contributed by atoms with Crippen molar-refractivity contribution < 1.29 is 14.3 Å². The highest BCUT2D eigenvalue weighted by Crippen LogP contribution is 2.49. The first-order chi connectivity index (χ1) is 12.6. The summed E-state index contributed by atoms with van der Waals surface area (Å²) in [5, 5.41) is 6.48. The van der Waals surface area contributed by atoms with Crippen molar-refractivity contribution in [3.05, 3.63) is 58.6 Å². The molecule has 5 nitrogen and oxygen atoms in total. The van der Waals surface area contributed by atoms with Crippen LogP contribution in [-0.4, -0.2) is 26.8 Å². The molecule has 0 heterocycles. The van der Waals surface area contributed by atoms with Crippen LogP contribution < -0.4 is 20.1 Å². The van der Waals surface area contributed by atoms with E-state index in [2.05, 4.69) is 10.6 Å². The molecule has 1 fully saturated rings. The number of halogens is 1. The van der Waals surface area contributed by atoms with E-state index in [0.717, 1.165) is 24.0 Å². The van der Waals surface area contributed by atoms with Crippen molar-refractivity contribution >= 4 is 17.6 Å². The van der Waals surface area contributed by atoms with E-state index in [1.807, 2.05) is 42.5 Å². The van der Waals surface area contributed by atoms with Crippen LogP contribution in [0.3, 0.4) is 0 Å².